The third-order valence-electron chi connectivity index (χ3n) is 2.63. The van der Waals surface area contributed by atoms with E-state index in [1.54, 1.807) is 6.20 Å². The van der Waals surface area contributed by atoms with Crippen LogP contribution in [0.1, 0.15) is 16.8 Å². The number of hydrogen-bond donors (Lipinski definition) is 0. The lowest BCUT2D eigenvalue weighted by molar-refractivity contribution is 0.873. The summed E-state index contributed by atoms with van der Waals surface area (Å²) in [7, 11) is 0. The second kappa shape index (κ2) is 6.26. The molecule has 0 aliphatic carbocycles. The fourth-order valence-corrected chi connectivity index (χ4v) is 1.90. The smallest absolute Gasteiger partial charge is 0.169 e. The van der Waals surface area contributed by atoms with Crippen LogP contribution in [0.4, 0.5) is 0 Å². The van der Waals surface area contributed by atoms with Crippen LogP contribution >= 0.6 is 11.6 Å². The minimum Gasteiger partial charge on any atom is -0.261 e. The summed E-state index contributed by atoms with van der Waals surface area (Å²) in [5.41, 5.74) is 2.43. The van der Waals surface area contributed by atoms with Gasteiger partial charge in [0, 0.05) is 24.7 Å². The van der Waals surface area contributed by atoms with E-state index < -0.39 is 5.50 Å². The number of halogens is 1. The summed E-state index contributed by atoms with van der Waals surface area (Å²) < 4.78 is 0. The largest absolute Gasteiger partial charge is 0.261 e. The van der Waals surface area contributed by atoms with Gasteiger partial charge in [0.15, 0.2) is 5.50 Å². The minimum absolute atomic E-state index is 0.420. The first kappa shape index (κ1) is 12.7. The molecule has 0 radical (unpaired) electrons. The van der Waals surface area contributed by atoms with Crippen molar-refractivity contribution in [2.75, 3.05) is 0 Å². The molecule has 0 bridgehead atoms. The number of aromatic nitrogens is 1. The molecule has 4 heteroatoms. The van der Waals surface area contributed by atoms with Crippen molar-refractivity contribution >= 4 is 11.6 Å². The predicted molar refractivity (Wildman–Crippen MR) is 72.6 cm³/mol. The van der Waals surface area contributed by atoms with Crippen molar-refractivity contribution < 1.29 is 0 Å². The zero-order valence-electron chi connectivity index (χ0n) is 9.79. The van der Waals surface area contributed by atoms with E-state index >= 15 is 0 Å². The number of pyridine rings is 1. The summed E-state index contributed by atoms with van der Waals surface area (Å²) in [6.45, 7) is 0. The molecule has 0 saturated heterocycles. The number of alkyl halides is 1. The second-order valence-corrected chi connectivity index (χ2v) is 4.57. The molecule has 1 atom stereocenters. The van der Waals surface area contributed by atoms with E-state index in [1.165, 1.54) is 5.56 Å². The fraction of sp³-hybridized carbons (Fsp3) is 0.214. The molecule has 18 heavy (non-hydrogen) atoms. The first-order valence-electron chi connectivity index (χ1n) is 5.72. The minimum atomic E-state index is -0.716. The van der Waals surface area contributed by atoms with E-state index in [1.807, 2.05) is 30.3 Å². The van der Waals surface area contributed by atoms with Crippen molar-refractivity contribution in [3.63, 3.8) is 0 Å². The fourth-order valence-electron chi connectivity index (χ4n) is 1.72. The van der Waals surface area contributed by atoms with Crippen LogP contribution in [0.15, 0.2) is 53.8 Å². The van der Waals surface area contributed by atoms with Crippen LogP contribution in [0.3, 0.4) is 0 Å². The molecule has 0 amide bonds. The monoisotopic (exact) mass is 260 g/mol. The number of hydrogen-bond acceptors (Lipinski definition) is 3. The third kappa shape index (κ3) is 3.64. The first-order chi connectivity index (χ1) is 8.78. The SMILES string of the molecule is O=NC(Cl)Cc1ccc(Cc2ccccc2)nc1. The third-order valence-corrected chi connectivity index (χ3v) is 2.87. The van der Waals surface area contributed by atoms with E-state index in [-0.39, 0.29) is 0 Å². The highest BCUT2D eigenvalue weighted by Gasteiger charge is 2.05. The molecule has 2 aromatic rings. The van der Waals surface area contributed by atoms with E-state index in [4.69, 9.17) is 11.6 Å². The van der Waals surface area contributed by atoms with Crippen molar-refractivity contribution in [1.82, 2.24) is 4.98 Å². The Bertz CT molecular complexity index is 499. The van der Waals surface area contributed by atoms with Crippen molar-refractivity contribution in [3.8, 4) is 0 Å². The van der Waals surface area contributed by atoms with Gasteiger partial charge in [0.1, 0.15) is 0 Å². The normalized spacial score (nSPS) is 12.1. The van der Waals surface area contributed by atoms with Crippen LogP contribution in [-0.2, 0) is 12.8 Å². The molecule has 0 aliphatic rings. The summed E-state index contributed by atoms with van der Waals surface area (Å²) in [5, 5.41) is 2.76. The number of rotatable bonds is 5. The van der Waals surface area contributed by atoms with E-state index in [2.05, 4.69) is 22.3 Å². The summed E-state index contributed by atoms with van der Waals surface area (Å²) in [4.78, 5) is 14.6. The highest BCUT2D eigenvalue weighted by Crippen LogP contribution is 2.11. The molecule has 0 saturated carbocycles. The average molecular weight is 261 g/mol. The lowest BCUT2D eigenvalue weighted by Gasteiger charge is -2.04. The molecule has 1 unspecified atom stereocenters. The molecule has 3 nitrogen and oxygen atoms in total. The second-order valence-electron chi connectivity index (χ2n) is 4.06. The Morgan fingerprint density at radius 2 is 1.89 bits per heavy atom. The molecule has 2 rings (SSSR count). The highest BCUT2D eigenvalue weighted by molar-refractivity contribution is 6.20. The van der Waals surface area contributed by atoms with E-state index in [0.717, 1.165) is 17.7 Å². The Labute approximate surface area is 111 Å². The summed E-state index contributed by atoms with van der Waals surface area (Å²) in [5.74, 6) is 0. The molecule has 0 fully saturated rings. The highest BCUT2D eigenvalue weighted by atomic mass is 35.5. The van der Waals surface area contributed by atoms with Crippen LogP contribution in [0.5, 0.6) is 0 Å². The Balaban J connectivity index is 2.02. The van der Waals surface area contributed by atoms with Crippen molar-refractivity contribution in [3.05, 3.63) is 70.4 Å². The van der Waals surface area contributed by atoms with E-state index in [0.29, 0.717) is 6.42 Å². The van der Waals surface area contributed by atoms with Gasteiger partial charge in [-0.3, -0.25) is 4.98 Å². The molecule has 1 aromatic heterocycles. The van der Waals surface area contributed by atoms with Gasteiger partial charge in [-0.2, -0.15) is 0 Å². The molecular formula is C14H13ClN2O. The molecule has 1 aromatic carbocycles. The average Bonchev–Trinajstić information content (AvgIpc) is 2.42. The van der Waals surface area contributed by atoms with Crippen molar-refractivity contribution in [1.29, 1.82) is 0 Å². The van der Waals surface area contributed by atoms with Gasteiger partial charge in [0.2, 0.25) is 0 Å². The van der Waals surface area contributed by atoms with Crippen LogP contribution in [0, 0.1) is 4.91 Å². The maximum atomic E-state index is 10.2. The van der Waals surface area contributed by atoms with Gasteiger partial charge in [0.05, 0.1) is 0 Å². The molecule has 0 spiro atoms. The van der Waals surface area contributed by atoms with Crippen molar-refractivity contribution in [2.24, 2.45) is 5.18 Å². The number of benzene rings is 1. The lowest BCUT2D eigenvalue weighted by atomic mass is 10.1. The van der Waals surface area contributed by atoms with Gasteiger partial charge < -0.3 is 0 Å². The first-order valence-corrected chi connectivity index (χ1v) is 6.16. The zero-order valence-corrected chi connectivity index (χ0v) is 10.5. The van der Waals surface area contributed by atoms with Gasteiger partial charge in [-0.25, -0.2) is 0 Å². The zero-order chi connectivity index (χ0) is 12.8. The number of nitroso groups, excluding NO2 is 1. The topological polar surface area (TPSA) is 42.3 Å². The summed E-state index contributed by atoms with van der Waals surface area (Å²) >= 11 is 5.66. The molecule has 92 valence electrons. The van der Waals surface area contributed by atoms with Crippen LogP contribution < -0.4 is 0 Å². The van der Waals surface area contributed by atoms with Gasteiger partial charge in [-0.1, -0.05) is 48.0 Å². The molecule has 0 aliphatic heterocycles. The van der Waals surface area contributed by atoms with Gasteiger partial charge >= 0.3 is 0 Å². The molecule has 0 N–H and O–H groups in total. The van der Waals surface area contributed by atoms with E-state index in [9.17, 15) is 4.91 Å². The van der Waals surface area contributed by atoms with Gasteiger partial charge in [-0.15, -0.1) is 4.91 Å². The Morgan fingerprint density at radius 1 is 1.11 bits per heavy atom. The summed E-state index contributed by atoms with van der Waals surface area (Å²) in [6.07, 6.45) is 2.97. The Hall–Kier alpha value is -1.74. The van der Waals surface area contributed by atoms with Crippen molar-refractivity contribution in [2.45, 2.75) is 18.3 Å². The predicted octanol–water partition coefficient (Wildman–Crippen LogP) is 3.55. The summed E-state index contributed by atoms with van der Waals surface area (Å²) in [6, 6.07) is 14.0. The molecular weight excluding hydrogens is 248 g/mol. The molecule has 1 heterocycles. The Morgan fingerprint density at radius 3 is 2.50 bits per heavy atom. The van der Waals surface area contributed by atoms with Crippen LogP contribution in [0.25, 0.3) is 0 Å². The van der Waals surface area contributed by atoms with Gasteiger partial charge in [-0.05, 0) is 22.4 Å². The van der Waals surface area contributed by atoms with Crippen LogP contribution in [-0.4, -0.2) is 10.5 Å². The van der Waals surface area contributed by atoms with Crippen LogP contribution in [0.2, 0.25) is 0 Å². The Kier molecular flexibility index (Phi) is 4.42. The maximum Gasteiger partial charge on any atom is 0.169 e. The standard InChI is InChI=1S/C14H13ClN2O/c15-14(17-18)9-12-6-7-13(16-10-12)8-11-4-2-1-3-5-11/h1-7,10,14H,8-9H2. The quantitative estimate of drug-likeness (QED) is 0.469. The lowest BCUT2D eigenvalue weighted by Crippen LogP contribution is -2.00. The maximum absolute atomic E-state index is 10.2. The van der Waals surface area contributed by atoms with Gasteiger partial charge in [0.25, 0.3) is 0 Å². The number of nitrogens with zero attached hydrogens (tertiary/aromatic N) is 2.